The smallest absolute Gasteiger partial charge is 0.225 e. The lowest BCUT2D eigenvalue weighted by molar-refractivity contribution is -0.129. The van der Waals surface area contributed by atoms with Crippen molar-refractivity contribution in [2.75, 3.05) is 0 Å². The molecule has 2 aromatic heterocycles. The number of hydrogen-bond donors (Lipinski definition) is 1. The van der Waals surface area contributed by atoms with Gasteiger partial charge in [-0.05, 0) is 37.5 Å². The summed E-state index contributed by atoms with van der Waals surface area (Å²) in [5, 5.41) is 7.89. The van der Waals surface area contributed by atoms with Crippen LogP contribution in [0.2, 0.25) is 0 Å². The number of amides is 1. The van der Waals surface area contributed by atoms with Crippen LogP contribution in [0.15, 0.2) is 30.6 Å². The van der Waals surface area contributed by atoms with E-state index >= 15 is 0 Å². The molecule has 24 heavy (non-hydrogen) atoms. The summed E-state index contributed by atoms with van der Waals surface area (Å²) in [6.45, 7) is 2.75. The average Bonchev–Trinajstić information content (AvgIpc) is 3.23. The quantitative estimate of drug-likeness (QED) is 0.909. The molecular weight excluding hydrogens is 302 g/mol. The van der Waals surface area contributed by atoms with Crippen molar-refractivity contribution in [1.29, 1.82) is 0 Å². The zero-order chi connectivity index (χ0) is 16.7. The van der Waals surface area contributed by atoms with E-state index in [-0.39, 0.29) is 18.0 Å². The minimum atomic E-state index is 0.0570. The maximum absolute atomic E-state index is 12.6. The first-order valence-electron chi connectivity index (χ1n) is 8.58. The van der Waals surface area contributed by atoms with E-state index in [2.05, 4.69) is 33.3 Å². The summed E-state index contributed by atoms with van der Waals surface area (Å²) in [5.41, 5.74) is 3.31. The molecule has 0 aromatic carbocycles. The molecule has 1 amide bonds. The summed E-state index contributed by atoms with van der Waals surface area (Å²) in [7, 11) is 1.95. The van der Waals surface area contributed by atoms with E-state index in [1.807, 2.05) is 36.3 Å². The van der Waals surface area contributed by atoms with Crippen LogP contribution in [-0.2, 0) is 18.4 Å². The van der Waals surface area contributed by atoms with E-state index in [4.69, 9.17) is 0 Å². The fourth-order valence-corrected chi connectivity index (χ4v) is 3.68. The predicted molar refractivity (Wildman–Crippen MR) is 90.0 cm³/mol. The molecule has 0 spiro atoms. The van der Waals surface area contributed by atoms with Crippen LogP contribution < -0.4 is 5.32 Å². The highest BCUT2D eigenvalue weighted by molar-refractivity contribution is 5.81. The van der Waals surface area contributed by atoms with Crippen molar-refractivity contribution in [2.45, 2.75) is 50.9 Å². The zero-order valence-electron chi connectivity index (χ0n) is 14.1. The van der Waals surface area contributed by atoms with Gasteiger partial charge in [0.25, 0.3) is 0 Å². The third kappa shape index (κ3) is 2.71. The van der Waals surface area contributed by atoms with Crippen LogP contribution in [0.25, 0.3) is 0 Å². The van der Waals surface area contributed by atoms with Gasteiger partial charge in [0.15, 0.2) is 0 Å². The monoisotopic (exact) mass is 325 g/mol. The summed E-state index contributed by atoms with van der Waals surface area (Å²) < 4.78 is 1.89. The molecule has 1 saturated carbocycles. The van der Waals surface area contributed by atoms with Crippen molar-refractivity contribution in [3.63, 3.8) is 0 Å². The Morgan fingerprint density at radius 2 is 2.12 bits per heavy atom. The number of rotatable bonds is 5. The van der Waals surface area contributed by atoms with Crippen LogP contribution in [-0.4, -0.2) is 37.7 Å². The lowest BCUT2D eigenvalue weighted by atomic mass is 10.0. The highest BCUT2D eigenvalue weighted by Crippen LogP contribution is 2.41. The molecule has 1 N–H and O–H groups in total. The van der Waals surface area contributed by atoms with Gasteiger partial charge in [-0.25, -0.2) is 0 Å². The van der Waals surface area contributed by atoms with Gasteiger partial charge < -0.3 is 10.2 Å². The van der Waals surface area contributed by atoms with Crippen molar-refractivity contribution in [3.8, 4) is 0 Å². The van der Waals surface area contributed by atoms with Crippen molar-refractivity contribution in [1.82, 2.24) is 25.0 Å². The number of aryl methyl sites for hydroxylation is 2. The number of carbonyl (C=O) groups excluding carboxylic acids is 1. The molecule has 2 fully saturated rings. The zero-order valence-corrected chi connectivity index (χ0v) is 14.1. The number of likely N-dealkylation sites (tertiary alicyclic amines) is 1. The van der Waals surface area contributed by atoms with Crippen LogP contribution >= 0.6 is 0 Å². The van der Waals surface area contributed by atoms with Gasteiger partial charge in [0.2, 0.25) is 5.91 Å². The van der Waals surface area contributed by atoms with Gasteiger partial charge in [-0.1, -0.05) is 6.07 Å². The Balaban J connectivity index is 1.58. The van der Waals surface area contributed by atoms with Crippen molar-refractivity contribution >= 4 is 5.91 Å². The summed E-state index contributed by atoms with van der Waals surface area (Å²) in [6, 6.07) is 6.60. The molecule has 1 aliphatic heterocycles. The van der Waals surface area contributed by atoms with Gasteiger partial charge in [0.05, 0.1) is 17.4 Å². The lowest BCUT2D eigenvalue weighted by Crippen LogP contribution is -2.38. The topological polar surface area (TPSA) is 63.1 Å². The van der Waals surface area contributed by atoms with Crippen molar-refractivity contribution in [3.05, 3.63) is 47.5 Å². The molecule has 0 bridgehead atoms. The van der Waals surface area contributed by atoms with Crippen LogP contribution in [0, 0.1) is 6.92 Å². The second-order valence-corrected chi connectivity index (χ2v) is 6.82. The first-order chi connectivity index (χ1) is 11.6. The summed E-state index contributed by atoms with van der Waals surface area (Å²) in [4.78, 5) is 19.1. The van der Waals surface area contributed by atoms with E-state index in [1.54, 1.807) is 0 Å². The Bertz CT molecular complexity index is 751. The van der Waals surface area contributed by atoms with Crippen LogP contribution in [0.1, 0.15) is 42.3 Å². The summed E-state index contributed by atoms with van der Waals surface area (Å²) >= 11 is 0. The summed E-state index contributed by atoms with van der Waals surface area (Å²) in [5.74, 6) is 0.249. The van der Waals surface area contributed by atoms with Crippen LogP contribution in [0.4, 0.5) is 0 Å². The van der Waals surface area contributed by atoms with Gasteiger partial charge in [0, 0.05) is 44.5 Å². The molecule has 1 saturated heterocycles. The minimum absolute atomic E-state index is 0.0570. The van der Waals surface area contributed by atoms with E-state index in [0.29, 0.717) is 19.0 Å². The van der Waals surface area contributed by atoms with E-state index in [9.17, 15) is 4.79 Å². The highest BCUT2D eigenvalue weighted by atomic mass is 16.2. The molecule has 126 valence electrons. The van der Waals surface area contributed by atoms with E-state index in [1.165, 1.54) is 5.56 Å². The Morgan fingerprint density at radius 3 is 2.79 bits per heavy atom. The maximum Gasteiger partial charge on any atom is 0.225 e. The SMILES string of the molecule is Cc1cccnc1CN[C@@H]1CC(=O)N(C2CC2)[C@H]1c1ccnn1C. The van der Waals surface area contributed by atoms with Crippen molar-refractivity contribution in [2.24, 2.45) is 7.05 Å². The molecule has 6 nitrogen and oxygen atoms in total. The fraction of sp³-hybridized carbons (Fsp3) is 0.500. The number of nitrogens with zero attached hydrogens (tertiary/aromatic N) is 4. The molecule has 2 aromatic rings. The molecular formula is C18H23N5O. The fourth-order valence-electron chi connectivity index (χ4n) is 3.68. The van der Waals surface area contributed by atoms with Gasteiger partial charge in [-0.15, -0.1) is 0 Å². The molecule has 2 aliphatic rings. The Kier molecular flexibility index (Phi) is 3.84. The van der Waals surface area contributed by atoms with Gasteiger partial charge in [-0.2, -0.15) is 5.10 Å². The molecule has 0 radical (unpaired) electrons. The number of aromatic nitrogens is 3. The lowest BCUT2D eigenvalue weighted by Gasteiger charge is -2.29. The maximum atomic E-state index is 12.6. The third-order valence-electron chi connectivity index (χ3n) is 5.12. The largest absolute Gasteiger partial charge is 0.329 e. The number of hydrogen-bond acceptors (Lipinski definition) is 4. The molecule has 6 heteroatoms. The minimum Gasteiger partial charge on any atom is -0.329 e. The van der Waals surface area contributed by atoms with E-state index in [0.717, 1.165) is 24.2 Å². The molecule has 1 aliphatic carbocycles. The van der Waals surface area contributed by atoms with Crippen LogP contribution in [0.5, 0.6) is 0 Å². The molecule has 3 heterocycles. The average molecular weight is 325 g/mol. The normalized spacial score (nSPS) is 23.9. The molecule has 2 atom stereocenters. The Morgan fingerprint density at radius 1 is 1.29 bits per heavy atom. The van der Waals surface area contributed by atoms with Crippen molar-refractivity contribution < 1.29 is 4.79 Å². The first-order valence-corrected chi connectivity index (χ1v) is 8.58. The summed E-state index contributed by atoms with van der Waals surface area (Å²) in [6.07, 6.45) is 6.40. The predicted octanol–water partition coefficient (Wildman–Crippen LogP) is 1.72. The standard InChI is InChI=1S/C18H23N5O/c1-12-4-3-8-19-15(12)11-20-14-10-17(24)23(13-5-6-13)18(14)16-7-9-21-22(16)2/h3-4,7-9,13-14,18,20H,5-6,10-11H2,1-2H3/t14-,18-/m1/s1. The number of carbonyl (C=O) groups is 1. The number of nitrogens with one attached hydrogen (secondary N) is 1. The van der Waals surface area contributed by atoms with Gasteiger partial charge >= 0.3 is 0 Å². The molecule has 0 unspecified atom stereocenters. The first kappa shape index (κ1) is 15.3. The molecule has 4 rings (SSSR count). The second-order valence-electron chi connectivity index (χ2n) is 6.82. The Hall–Kier alpha value is -2.21. The highest BCUT2D eigenvalue weighted by Gasteiger charge is 2.48. The second kappa shape index (κ2) is 6.02. The third-order valence-corrected chi connectivity index (χ3v) is 5.12. The van der Waals surface area contributed by atoms with Gasteiger partial charge in [0.1, 0.15) is 0 Å². The number of pyridine rings is 1. The van der Waals surface area contributed by atoms with Crippen LogP contribution in [0.3, 0.4) is 0 Å². The Labute approximate surface area is 141 Å². The van der Waals surface area contributed by atoms with E-state index < -0.39 is 0 Å². The van der Waals surface area contributed by atoms with Gasteiger partial charge in [-0.3, -0.25) is 14.5 Å².